The highest BCUT2D eigenvalue weighted by Crippen LogP contribution is 2.23. The van der Waals surface area contributed by atoms with Crippen LogP contribution in [0.15, 0.2) is 53.7 Å². The summed E-state index contributed by atoms with van der Waals surface area (Å²) in [6, 6.07) is 14.7. The number of hydroxylamine groups is 1. The number of ether oxygens (including phenoxy) is 2. The monoisotopic (exact) mass is 471 g/mol. The maximum Gasteiger partial charge on any atom is 0.170 e. The Hall–Kier alpha value is -2.85. The molecule has 0 amide bonds. The lowest BCUT2D eigenvalue weighted by molar-refractivity contribution is 0.128. The molecule has 7 N–H and O–H groups in total. The fraction of sp³-hybridized carbons (Fsp3) is 0.480. The first-order chi connectivity index (χ1) is 16.6. The van der Waals surface area contributed by atoms with Crippen LogP contribution >= 0.6 is 0 Å². The Balaban J connectivity index is 1.23. The molecule has 2 aromatic carbocycles. The Morgan fingerprint density at radius 2 is 1.59 bits per heavy atom. The number of nitrogens with zero attached hydrogens (tertiary/aromatic N) is 2. The standard InChI is InChI=1S/C25H37N5O4/c26-24(28-31)20-4-8-22(9-5-20)33-17-1-3-19-12-15-30(16-13-19)14-2-18-34-23-10-6-21(7-11-23)25(27)29-32/h4-11,19,24,28,31-32H,1-3,12-18,26H2,(H2,27,29). The van der Waals surface area contributed by atoms with Crippen molar-refractivity contribution >= 4 is 5.84 Å². The molecule has 1 unspecified atom stereocenters. The predicted octanol–water partition coefficient (Wildman–Crippen LogP) is 3.06. The summed E-state index contributed by atoms with van der Waals surface area (Å²) in [6.45, 7) is 4.70. The van der Waals surface area contributed by atoms with Gasteiger partial charge in [0, 0.05) is 12.1 Å². The van der Waals surface area contributed by atoms with Crippen molar-refractivity contribution in [3.8, 4) is 11.5 Å². The lowest BCUT2D eigenvalue weighted by Crippen LogP contribution is -2.35. The third-order valence-corrected chi connectivity index (χ3v) is 6.26. The smallest absolute Gasteiger partial charge is 0.170 e. The first-order valence-electron chi connectivity index (χ1n) is 11.9. The largest absolute Gasteiger partial charge is 0.494 e. The number of nitrogens with two attached hydrogens (primary N) is 2. The molecule has 2 aromatic rings. The molecular formula is C25H37N5O4. The molecule has 0 bridgehead atoms. The SMILES string of the molecule is NC(=NO)c1ccc(OCCCN2CCC(CCCOc3ccc(C(N)NO)cc3)CC2)cc1. The summed E-state index contributed by atoms with van der Waals surface area (Å²) in [7, 11) is 0. The zero-order valence-corrected chi connectivity index (χ0v) is 19.6. The van der Waals surface area contributed by atoms with E-state index in [4.69, 9.17) is 31.4 Å². The Labute approximate surface area is 201 Å². The Bertz CT molecular complexity index is 868. The van der Waals surface area contributed by atoms with Crippen LogP contribution in [0, 0.1) is 5.92 Å². The minimum Gasteiger partial charge on any atom is -0.494 e. The molecule has 0 saturated carbocycles. The number of piperidine rings is 1. The van der Waals surface area contributed by atoms with Gasteiger partial charge in [0.25, 0.3) is 0 Å². The third-order valence-electron chi connectivity index (χ3n) is 6.26. The highest BCUT2D eigenvalue weighted by atomic mass is 16.5. The molecule has 0 radical (unpaired) electrons. The van der Waals surface area contributed by atoms with E-state index < -0.39 is 6.17 Å². The van der Waals surface area contributed by atoms with Crippen molar-refractivity contribution in [2.45, 2.75) is 38.3 Å². The normalized spacial score (nSPS) is 16.4. The van der Waals surface area contributed by atoms with Crippen molar-refractivity contribution in [1.29, 1.82) is 0 Å². The molecule has 1 aliphatic rings. The van der Waals surface area contributed by atoms with Crippen molar-refractivity contribution < 1.29 is 19.9 Å². The summed E-state index contributed by atoms with van der Waals surface area (Å²) in [5.74, 6) is 2.47. The van der Waals surface area contributed by atoms with Crippen LogP contribution in [0.1, 0.15) is 49.4 Å². The van der Waals surface area contributed by atoms with Crippen LogP contribution in [0.4, 0.5) is 0 Å². The maximum atomic E-state index is 8.87. The Morgan fingerprint density at radius 3 is 2.18 bits per heavy atom. The van der Waals surface area contributed by atoms with Gasteiger partial charge in [0.05, 0.1) is 13.2 Å². The summed E-state index contributed by atoms with van der Waals surface area (Å²) < 4.78 is 11.6. The van der Waals surface area contributed by atoms with E-state index in [0.29, 0.717) is 18.8 Å². The Morgan fingerprint density at radius 1 is 1.00 bits per heavy atom. The molecule has 0 aromatic heterocycles. The molecule has 3 rings (SSSR count). The van der Waals surface area contributed by atoms with Crippen LogP contribution in [0.3, 0.4) is 0 Å². The van der Waals surface area contributed by atoms with Crippen molar-refractivity contribution in [3.63, 3.8) is 0 Å². The van der Waals surface area contributed by atoms with Crippen molar-refractivity contribution in [1.82, 2.24) is 10.4 Å². The van der Waals surface area contributed by atoms with Crippen LogP contribution in [-0.2, 0) is 0 Å². The molecule has 9 heteroatoms. The lowest BCUT2D eigenvalue weighted by Gasteiger charge is -2.32. The van der Waals surface area contributed by atoms with Gasteiger partial charge in [0.2, 0.25) is 0 Å². The van der Waals surface area contributed by atoms with E-state index >= 15 is 0 Å². The van der Waals surface area contributed by atoms with E-state index in [1.54, 1.807) is 12.1 Å². The van der Waals surface area contributed by atoms with E-state index in [9.17, 15) is 0 Å². The molecule has 1 fully saturated rings. The maximum absolute atomic E-state index is 8.87. The van der Waals surface area contributed by atoms with Gasteiger partial charge in [-0.25, -0.2) is 0 Å². The van der Waals surface area contributed by atoms with Crippen molar-refractivity contribution in [2.75, 3.05) is 32.8 Å². The number of likely N-dealkylation sites (tertiary alicyclic amines) is 1. The lowest BCUT2D eigenvalue weighted by atomic mass is 9.92. The van der Waals surface area contributed by atoms with Crippen LogP contribution in [0.5, 0.6) is 11.5 Å². The number of oxime groups is 1. The quantitative estimate of drug-likeness (QED) is 0.0750. The molecule has 34 heavy (non-hydrogen) atoms. The summed E-state index contributed by atoms with van der Waals surface area (Å²) in [5.41, 5.74) is 14.8. The highest BCUT2D eigenvalue weighted by Gasteiger charge is 2.18. The fourth-order valence-electron chi connectivity index (χ4n) is 4.16. The molecule has 0 spiro atoms. The molecule has 1 saturated heterocycles. The van der Waals surface area contributed by atoms with Gasteiger partial charge in [-0.3, -0.25) is 0 Å². The number of nitrogens with one attached hydrogen (secondary N) is 1. The van der Waals surface area contributed by atoms with Crippen molar-refractivity contribution in [3.05, 3.63) is 59.7 Å². The number of amidine groups is 1. The van der Waals surface area contributed by atoms with Gasteiger partial charge in [-0.2, -0.15) is 5.48 Å². The fourth-order valence-corrected chi connectivity index (χ4v) is 4.16. The summed E-state index contributed by atoms with van der Waals surface area (Å²) in [6.07, 6.45) is 5.10. The number of hydrogen-bond donors (Lipinski definition) is 5. The van der Waals surface area contributed by atoms with Gasteiger partial charge in [-0.15, -0.1) is 0 Å². The average molecular weight is 472 g/mol. The third kappa shape index (κ3) is 8.18. The van der Waals surface area contributed by atoms with E-state index in [1.807, 2.05) is 41.9 Å². The topological polar surface area (TPSA) is 139 Å². The van der Waals surface area contributed by atoms with Crippen LogP contribution < -0.4 is 26.4 Å². The second kappa shape index (κ2) is 13.8. The van der Waals surface area contributed by atoms with Crippen LogP contribution in [0.25, 0.3) is 0 Å². The van der Waals surface area contributed by atoms with Crippen molar-refractivity contribution in [2.24, 2.45) is 22.5 Å². The van der Waals surface area contributed by atoms with E-state index in [2.05, 4.69) is 10.1 Å². The number of hydrogen-bond acceptors (Lipinski definition) is 8. The molecule has 186 valence electrons. The first kappa shape index (κ1) is 25.8. The molecule has 9 nitrogen and oxygen atoms in total. The predicted molar refractivity (Wildman–Crippen MR) is 131 cm³/mol. The second-order valence-electron chi connectivity index (χ2n) is 8.66. The van der Waals surface area contributed by atoms with Gasteiger partial charge < -0.3 is 36.3 Å². The molecule has 1 atom stereocenters. The molecule has 1 aliphatic heterocycles. The minimum atomic E-state index is -0.584. The van der Waals surface area contributed by atoms with Gasteiger partial charge in [0.15, 0.2) is 5.84 Å². The highest BCUT2D eigenvalue weighted by molar-refractivity contribution is 5.97. The van der Waals surface area contributed by atoms with Gasteiger partial charge in [-0.1, -0.05) is 17.3 Å². The summed E-state index contributed by atoms with van der Waals surface area (Å²) in [5, 5.41) is 20.6. The van der Waals surface area contributed by atoms with Gasteiger partial charge >= 0.3 is 0 Å². The Kier molecular flexibility index (Phi) is 10.4. The second-order valence-corrected chi connectivity index (χ2v) is 8.66. The molecule has 1 heterocycles. The molecule has 0 aliphatic carbocycles. The zero-order chi connectivity index (χ0) is 24.2. The average Bonchev–Trinajstić information content (AvgIpc) is 2.89. The van der Waals surface area contributed by atoms with E-state index in [0.717, 1.165) is 55.5 Å². The number of rotatable bonds is 13. The first-order valence-corrected chi connectivity index (χ1v) is 11.9. The zero-order valence-electron chi connectivity index (χ0n) is 19.6. The van der Waals surface area contributed by atoms with Crippen LogP contribution in [-0.4, -0.2) is 54.0 Å². The van der Waals surface area contributed by atoms with Gasteiger partial charge in [0.1, 0.15) is 17.7 Å². The van der Waals surface area contributed by atoms with Crippen LogP contribution in [0.2, 0.25) is 0 Å². The van der Waals surface area contributed by atoms with Gasteiger partial charge in [-0.05, 0) is 93.1 Å². The summed E-state index contributed by atoms with van der Waals surface area (Å²) in [4.78, 5) is 2.52. The number of benzene rings is 2. The minimum absolute atomic E-state index is 0.0932. The molecular weight excluding hydrogens is 434 g/mol. The summed E-state index contributed by atoms with van der Waals surface area (Å²) >= 11 is 0. The van der Waals surface area contributed by atoms with E-state index in [-0.39, 0.29) is 5.84 Å². The van der Waals surface area contributed by atoms with E-state index in [1.165, 1.54) is 19.3 Å².